The summed E-state index contributed by atoms with van der Waals surface area (Å²) in [5, 5.41) is 34.6. The second-order valence-electron chi connectivity index (χ2n) is 13.0. The van der Waals surface area contributed by atoms with Crippen LogP contribution in [0.5, 0.6) is 0 Å². The highest BCUT2D eigenvalue weighted by Crippen LogP contribution is 2.70. The lowest BCUT2D eigenvalue weighted by molar-refractivity contribution is -0.203. The molecule has 0 heterocycles. The van der Waals surface area contributed by atoms with Gasteiger partial charge in [0, 0.05) is 12.8 Å². The molecule has 4 aliphatic rings. The number of hydrogen-bond acceptors (Lipinski definition) is 6. The van der Waals surface area contributed by atoms with Crippen molar-refractivity contribution in [2.24, 2.45) is 28.6 Å². The molecule has 4 rings (SSSR count). The van der Waals surface area contributed by atoms with Crippen LogP contribution < -0.4 is 0 Å². The fourth-order valence-electron chi connectivity index (χ4n) is 8.23. The van der Waals surface area contributed by atoms with Crippen molar-refractivity contribution in [2.75, 3.05) is 6.61 Å². The number of aliphatic hydroxyl groups excluding tert-OH is 2. The number of ether oxygens (including phenoxy) is 1. The largest absolute Gasteiger partial charge is 0.455 e. The van der Waals surface area contributed by atoms with Crippen LogP contribution in [0.1, 0.15) is 98.3 Å². The van der Waals surface area contributed by atoms with E-state index in [0.29, 0.717) is 23.5 Å². The Balaban J connectivity index is 1.50. The molecule has 2 bridgehead atoms. The molecule has 0 aromatic heterocycles. The SMILES string of the molecule is C=CCCCCCCCCCC(=O)OC1C(C)=CC23C(=O)CC(=C(CO)C(O)C12O)C1C(CC3C)C1(C)C. The number of hydrogen-bond donors (Lipinski definition) is 3. The van der Waals surface area contributed by atoms with Crippen molar-refractivity contribution in [3.8, 4) is 0 Å². The van der Waals surface area contributed by atoms with E-state index in [1.165, 1.54) is 19.3 Å². The van der Waals surface area contributed by atoms with Gasteiger partial charge in [-0.3, -0.25) is 9.59 Å². The maximum atomic E-state index is 14.0. The maximum absolute atomic E-state index is 14.0. The van der Waals surface area contributed by atoms with Gasteiger partial charge in [0.1, 0.15) is 11.9 Å². The van der Waals surface area contributed by atoms with Crippen LogP contribution in [-0.4, -0.2) is 51.5 Å². The summed E-state index contributed by atoms with van der Waals surface area (Å²) < 4.78 is 5.91. The number of carbonyl (C=O) groups is 2. The lowest BCUT2D eigenvalue weighted by atomic mass is 9.59. The maximum Gasteiger partial charge on any atom is 0.306 e. The van der Waals surface area contributed by atoms with Crippen LogP contribution in [0.2, 0.25) is 0 Å². The molecule has 38 heavy (non-hydrogen) atoms. The van der Waals surface area contributed by atoms with E-state index < -0.39 is 35.8 Å². The Labute approximate surface area is 228 Å². The number of allylic oxidation sites excluding steroid dienone is 2. The molecule has 0 saturated heterocycles. The number of fused-ring (bicyclic) bond motifs is 4. The third-order valence-corrected chi connectivity index (χ3v) is 10.4. The minimum Gasteiger partial charge on any atom is -0.455 e. The predicted octanol–water partition coefficient (Wildman–Crippen LogP) is 5.21. The van der Waals surface area contributed by atoms with Gasteiger partial charge >= 0.3 is 5.97 Å². The number of rotatable bonds is 12. The highest BCUT2D eigenvalue weighted by atomic mass is 16.6. The number of esters is 1. The van der Waals surface area contributed by atoms with Gasteiger partial charge in [-0.15, -0.1) is 6.58 Å². The van der Waals surface area contributed by atoms with Crippen molar-refractivity contribution >= 4 is 11.8 Å². The van der Waals surface area contributed by atoms with Crippen LogP contribution in [-0.2, 0) is 14.3 Å². The van der Waals surface area contributed by atoms with Gasteiger partial charge in [-0.2, -0.15) is 0 Å². The summed E-state index contributed by atoms with van der Waals surface area (Å²) in [4.78, 5) is 27.0. The number of unbranched alkanes of at least 4 members (excludes halogenated alkanes) is 7. The first-order chi connectivity index (χ1) is 18.0. The predicted molar refractivity (Wildman–Crippen MR) is 147 cm³/mol. The Morgan fingerprint density at radius 1 is 1.16 bits per heavy atom. The molecule has 0 aliphatic heterocycles. The normalized spacial score (nSPS) is 37.1. The van der Waals surface area contributed by atoms with Crippen LogP contribution in [0.25, 0.3) is 0 Å². The summed E-state index contributed by atoms with van der Waals surface area (Å²) in [6, 6.07) is 0. The van der Waals surface area contributed by atoms with E-state index in [0.717, 1.165) is 37.7 Å². The first-order valence-electron chi connectivity index (χ1n) is 14.7. The van der Waals surface area contributed by atoms with Crippen LogP contribution in [0.4, 0.5) is 0 Å². The molecule has 1 spiro atoms. The van der Waals surface area contributed by atoms with Gasteiger partial charge in [-0.25, -0.2) is 0 Å². The Morgan fingerprint density at radius 3 is 2.42 bits per heavy atom. The van der Waals surface area contributed by atoms with E-state index >= 15 is 0 Å². The third kappa shape index (κ3) is 4.54. The molecule has 0 aromatic carbocycles. The van der Waals surface area contributed by atoms with Crippen LogP contribution in [0, 0.1) is 28.6 Å². The summed E-state index contributed by atoms with van der Waals surface area (Å²) >= 11 is 0. The standard InChI is InChI=1S/C32H48O6/c1-6-7-8-9-10-11-12-13-14-15-26(35)38-29-20(2)18-31-21(3)16-24-27(30(24,4)5)22(17-25(31)34)23(19-33)28(36)32(29,31)37/h6,18,21,24,27-29,33,36-37H,1,7-17,19H2,2-5H3. The second-order valence-corrected chi connectivity index (χ2v) is 13.0. The molecule has 3 N–H and O–H groups in total. The molecule has 4 aliphatic carbocycles. The molecule has 6 heteroatoms. The topological polar surface area (TPSA) is 104 Å². The molecule has 6 nitrogen and oxygen atoms in total. The van der Waals surface area contributed by atoms with Crippen LogP contribution in [0.3, 0.4) is 0 Å². The van der Waals surface area contributed by atoms with E-state index in [2.05, 4.69) is 20.4 Å². The van der Waals surface area contributed by atoms with E-state index in [-0.39, 0.29) is 35.9 Å². The molecule has 2 fully saturated rings. The minimum absolute atomic E-state index is 0.0280. The Hall–Kier alpha value is -1.76. The average Bonchev–Trinajstić information content (AvgIpc) is 3.31. The first kappa shape index (κ1) is 29.2. The van der Waals surface area contributed by atoms with Crippen molar-refractivity contribution in [1.82, 2.24) is 0 Å². The summed E-state index contributed by atoms with van der Waals surface area (Å²) in [6.07, 6.45) is 10.6. The van der Waals surface area contributed by atoms with Crippen molar-refractivity contribution in [3.05, 3.63) is 35.5 Å². The fraction of sp³-hybridized carbons (Fsp3) is 0.750. The van der Waals surface area contributed by atoms with Gasteiger partial charge in [0.05, 0.1) is 12.0 Å². The zero-order valence-corrected chi connectivity index (χ0v) is 23.8. The second kappa shape index (κ2) is 11.0. The van der Waals surface area contributed by atoms with E-state index in [1.54, 1.807) is 13.0 Å². The van der Waals surface area contributed by atoms with Gasteiger partial charge in [0.2, 0.25) is 0 Å². The van der Waals surface area contributed by atoms with E-state index in [4.69, 9.17) is 4.74 Å². The molecule has 2 saturated carbocycles. The van der Waals surface area contributed by atoms with Crippen molar-refractivity contribution in [3.63, 3.8) is 0 Å². The van der Waals surface area contributed by atoms with Crippen molar-refractivity contribution in [2.45, 2.75) is 116 Å². The zero-order valence-electron chi connectivity index (χ0n) is 23.8. The van der Waals surface area contributed by atoms with Gasteiger partial charge < -0.3 is 20.1 Å². The van der Waals surface area contributed by atoms with Crippen LogP contribution in [0.15, 0.2) is 35.5 Å². The number of carbonyl (C=O) groups excluding carboxylic acids is 2. The Morgan fingerprint density at radius 2 is 1.79 bits per heavy atom. The molecule has 7 atom stereocenters. The van der Waals surface area contributed by atoms with Crippen molar-refractivity contribution < 1.29 is 29.6 Å². The Bertz CT molecular complexity index is 1010. The first-order valence-corrected chi connectivity index (χ1v) is 14.7. The minimum atomic E-state index is -2.05. The van der Waals surface area contributed by atoms with Crippen molar-refractivity contribution in [1.29, 1.82) is 0 Å². The highest BCUT2D eigenvalue weighted by molar-refractivity contribution is 5.93. The molecule has 7 unspecified atom stereocenters. The summed E-state index contributed by atoms with van der Waals surface area (Å²) in [7, 11) is 0. The molecule has 0 radical (unpaired) electrons. The number of Topliss-reactive ketones (excluding diaryl/α,β-unsaturated/α-hetero) is 1. The monoisotopic (exact) mass is 528 g/mol. The average molecular weight is 529 g/mol. The summed E-state index contributed by atoms with van der Waals surface area (Å²) in [5.74, 6) is -0.432. The Kier molecular flexibility index (Phi) is 8.47. The smallest absolute Gasteiger partial charge is 0.306 e. The molecule has 0 aromatic rings. The summed E-state index contributed by atoms with van der Waals surface area (Å²) in [6.45, 7) is 11.4. The number of aliphatic hydroxyl groups is 3. The zero-order chi connectivity index (χ0) is 27.9. The lowest BCUT2D eigenvalue weighted by Crippen LogP contribution is -2.65. The lowest BCUT2D eigenvalue weighted by Gasteiger charge is -2.48. The highest BCUT2D eigenvalue weighted by Gasteiger charge is 2.74. The van der Waals surface area contributed by atoms with E-state index in [9.17, 15) is 24.9 Å². The van der Waals surface area contributed by atoms with Gasteiger partial charge in [0.15, 0.2) is 11.7 Å². The molecule has 0 amide bonds. The molecular weight excluding hydrogens is 480 g/mol. The molecule has 212 valence electrons. The van der Waals surface area contributed by atoms with Gasteiger partial charge in [-0.1, -0.05) is 70.6 Å². The number of ketones is 1. The third-order valence-electron chi connectivity index (χ3n) is 10.4. The van der Waals surface area contributed by atoms with Crippen LogP contribution >= 0.6 is 0 Å². The quantitative estimate of drug-likeness (QED) is 0.183. The van der Waals surface area contributed by atoms with Gasteiger partial charge in [-0.05, 0) is 66.9 Å². The van der Waals surface area contributed by atoms with E-state index in [1.807, 2.05) is 13.0 Å². The fourth-order valence-corrected chi connectivity index (χ4v) is 8.23. The molecular formula is C32H48O6. The summed E-state index contributed by atoms with van der Waals surface area (Å²) in [5.41, 5.74) is -1.76. The van der Waals surface area contributed by atoms with Gasteiger partial charge in [0.25, 0.3) is 0 Å².